The van der Waals surface area contributed by atoms with Gasteiger partial charge in [-0.3, -0.25) is 4.79 Å². The van der Waals surface area contributed by atoms with E-state index < -0.39 is 87.3 Å². The number of allylic oxidation sites excluding steroid dienone is 1. The maximum Gasteiger partial charge on any atom is 0.419 e. The van der Waals surface area contributed by atoms with Gasteiger partial charge in [0.1, 0.15) is 22.8 Å². The molecule has 0 aliphatic heterocycles. The van der Waals surface area contributed by atoms with Crippen molar-refractivity contribution in [1.82, 2.24) is 0 Å². The Hall–Kier alpha value is -3.33. The minimum absolute atomic E-state index is 0.157. The van der Waals surface area contributed by atoms with E-state index in [1.165, 1.54) is 0 Å². The summed E-state index contributed by atoms with van der Waals surface area (Å²) in [5.74, 6) is -9.67. The van der Waals surface area contributed by atoms with Gasteiger partial charge in [-0.05, 0) is 29.8 Å². The molecule has 0 N–H and O–H groups in total. The molecule has 0 saturated carbocycles. The molecule has 0 spiro atoms. The largest absolute Gasteiger partial charge is 0.872 e. The third-order valence-electron chi connectivity index (χ3n) is 4.24. The lowest BCUT2D eigenvalue weighted by molar-refractivity contribution is -0.244. The van der Waals surface area contributed by atoms with Gasteiger partial charge in [0.25, 0.3) is 0 Å². The molecule has 35 heavy (non-hydrogen) atoms. The number of hydrogen-bond acceptors (Lipinski definition) is 2. The Morgan fingerprint density at radius 3 is 1.23 bits per heavy atom. The summed E-state index contributed by atoms with van der Waals surface area (Å²) < 4.78 is 185. The monoisotopic (exact) mass is 531 g/mol. The molecule has 0 fully saturated rings. The van der Waals surface area contributed by atoms with Crippen LogP contribution >= 0.6 is 0 Å². The molecule has 2 aromatic rings. The van der Waals surface area contributed by atoms with Crippen molar-refractivity contribution in [2.24, 2.45) is 0 Å². The fraction of sp³-hybridized carbons (Fsp3) is 0.211. The van der Waals surface area contributed by atoms with Crippen LogP contribution in [0.2, 0.25) is 0 Å². The van der Waals surface area contributed by atoms with Crippen LogP contribution in [0, 0.1) is 11.6 Å². The van der Waals surface area contributed by atoms with Crippen LogP contribution in [0.15, 0.2) is 30.3 Å². The molecular weight excluding hydrogens is 526 g/mol. The number of benzene rings is 2. The molecule has 0 bridgehead atoms. The highest BCUT2D eigenvalue weighted by molar-refractivity contribution is 6.09. The van der Waals surface area contributed by atoms with Gasteiger partial charge in [0, 0.05) is 5.56 Å². The van der Waals surface area contributed by atoms with Gasteiger partial charge in [0.05, 0.1) is 11.1 Å². The van der Waals surface area contributed by atoms with Gasteiger partial charge in [-0.25, -0.2) is 8.78 Å². The van der Waals surface area contributed by atoms with E-state index in [1.54, 1.807) is 0 Å². The van der Waals surface area contributed by atoms with Crippen LogP contribution in [0.3, 0.4) is 0 Å². The van der Waals surface area contributed by atoms with Gasteiger partial charge in [0.15, 0.2) is 5.78 Å². The van der Waals surface area contributed by atoms with Gasteiger partial charge < -0.3 is 5.11 Å². The fourth-order valence-corrected chi connectivity index (χ4v) is 2.98. The van der Waals surface area contributed by atoms with Crippen molar-refractivity contribution in [2.45, 2.75) is 24.7 Å². The van der Waals surface area contributed by atoms with E-state index in [4.69, 9.17) is 0 Å². The summed E-state index contributed by atoms with van der Waals surface area (Å²) in [6.07, 6.45) is -24.9. The topological polar surface area (TPSA) is 40.1 Å². The van der Waals surface area contributed by atoms with Crippen molar-refractivity contribution in [3.05, 3.63) is 75.4 Å². The van der Waals surface area contributed by atoms with Crippen molar-refractivity contribution >= 4 is 11.5 Å². The Labute approximate surface area is 184 Å². The summed E-state index contributed by atoms with van der Waals surface area (Å²) in [7, 11) is 0. The lowest BCUT2D eigenvalue weighted by atomic mass is 9.94. The summed E-state index contributed by atoms with van der Waals surface area (Å²) in [5.41, 5.74) is -15.9. The molecule has 0 aromatic heterocycles. The summed E-state index contributed by atoms with van der Waals surface area (Å²) in [4.78, 5) is 12.2. The Balaban J connectivity index is 2.84. The minimum atomic E-state index is -6.08. The molecular formula is C19H5F14O2-. The van der Waals surface area contributed by atoms with Crippen LogP contribution in [0.4, 0.5) is 61.5 Å². The maximum atomic E-state index is 13.5. The number of halogens is 14. The van der Waals surface area contributed by atoms with Crippen LogP contribution in [-0.4, -0.2) is 5.78 Å². The molecule has 0 unspecified atom stereocenters. The molecule has 0 saturated heterocycles. The third kappa shape index (κ3) is 5.67. The van der Waals surface area contributed by atoms with Crippen LogP contribution in [0.5, 0.6) is 0 Å². The second-order valence-electron chi connectivity index (χ2n) is 6.55. The van der Waals surface area contributed by atoms with E-state index in [0.717, 1.165) is 0 Å². The number of carbonyl (C=O) groups excluding carboxylic acids is 1. The van der Waals surface area contributed by atoms with E-state index in [-0.39, 0.29) is 24.3 Å². The van der Waals surface area contributed by atoms with Crippen molar-refractivity contribution in [3.63, 3.8) is 0 Å². The van der Waals surface area contributed by atoms with Gasteiger partial charge in [-0.2, -0.15) is 52.7 Å². The predicted molar refractivity (Wildman–Crippen MR) is 85.1 cm³/mol. The quantitative estimate of drug-likeness (QED) is 0.193. The second-order valence-corrected chi connectivity index (χ2v) is 6.55. The van der Waals surface area contributed by atoms with E-state index >= 15 is 0 Å². The average Bonchev–Trinajstić information content (AvgIpc) is 2.63. The first-order chi connectivity index (χ1) is 15.6. The second kappa shape index (κ2) is 8.71. The summed E-state index contributed by atoms with van der Waals surface area (Å²) in [6.45, 7) is 0. The number of carbonyl (C=O) groups is 1. The number of rotatable bonds is 3. The lowest BCUT2D eigenvalue weighted by Crippen LogP contribution is -2.24. The smallest absolute Gasteiger partial charge is 0.419 e. The highest BCUT2D eigenvalue weighted by Crippen LogP contribution is 2.46. The molecule has 0 amide bonds. The number of ketones is 1. The zero-order chi connectivity index (χ0) is 27.3. The first-order valence-corrected chi connectivity index (χ1v) is 8.45. The van der Waals surface area contributed by atoms with Crippen LogP contribution in [0.25, 0.3) is 5.76 Å². The van der Waals surface area contributed by atoms with Gasteiger partial charge in [-0.15, -0.1) is 0 Å². The molecule has 0 radical (unpaired) electrons. The number of alkyl halides is 12. The van der Waals surface area contributed by atoms with Gasteiger partial charge in [0.2, 0.25) is 0 Å². The molecule has 0 aliphatic carbocycles. The SMILES string of the molecule is O=C(/C=C(\[O-])c1ccc(F)c(C(F)(F)F)c1C(F)(F)F)c1ccc(F)c(C(F)(F)F)c1C(F)(F)F. The predicted octanol–water partition coefficient (Wildman–Crippen LogP) is 6.62. The summed E-state index contributed by atoms with van der Waals surface area (Å²) in [5, 5.41) is 12.2. The van der Waals surface area contributed by atoms with E-state index in [1.807, 2.05) is 0 Å². The van der Waals surface area contributed by atoms with E-state index in [2.05, 4.69) is 0 Å². The molecule has 192 valence electrons. The molecule has 2 rings (SSSR count). The van der Waals surface area contributed by atoms with Gasteiger partial charge in [-0.1, -0.05) is 11.8 Å². The van der Waals surface area contributed by atoms with Gasteiger partial charge >= 0.3 is 24.7 Å². The Bertz CT molecular complexity index is 1180. The zero-order valence-electron chi connectivity index (χ0n) is 16.0. The standard InChI is InChI=1S/C19H6F14O2/c20-8-3-1-6(12(16(22,23)24)14(8)18(28,29)30)10(34)5-11(35)7-2-4-9(21)15(19(31,32)33)13(7)17(25,26)27/h1-5,34H/p-1/b10-5-. The Morgan fingerprint density at radius 1 is 0.571 bits per heavy atom. The molecule has 16 heteroatoms. The molecule has 0 atom stereocenters. The molecule has 2 aromatic carbocycles. The maximum absolute atomic E-state index is 13.5. The first-order valence-electron chi connectivity index (χ1n) is 8.45. The van der Waals surface area contributed by atoms with Crippen molar-refractivity contribution < 1.29 is 71.4 Å². The summed E-state index contributed by atoms with van der Waals surface area (Å²) in [6, 6.07) is -0.805. The van der Waals surface area contributed by atoms with E-state index in [0.29, 0.717) is 0 Å². The molecule has 0 aliphatic rings. The molecule has 0 heterocycles. The van der Waals surface area contributed by atoms with Crippen LogP contribution < -0.4 is 5.11 Å². The fourth-order valence-electron chi connectivity index (χ4n) is 2.98. The Kier molecular flexibility index (Phi) is 6.95. The Morgan fingerprint density at radius 2 is 0.886 bits per heavy atom. The number of hydrogen-bond donors (Lipinski definition) is 0. The first kappa shape index (κ1) is 27.9. The van der Waals surface area contributed by atoms with Crippen molar-refractivity contribution in [2.75, 3.05) is 0 Å². The average molecular weight is 531 g/mol. The third-order valence-corrected chi connectivity index (χ3v) is 4.24. The van der Waals surface area contributed by atoms with Crippen molar-refractivity contribution in [3.8, 4) is 0 Å². The lowest BCUT2D eigenvalue weighted by Gasteiger charge is -2.23. The summed E-state index contributed by atoms with van der Waals surface area (Å²) >= 11 is 0. The van der Waals surface area contributed by atoms with Crippen molar-refractivity contribution in [1.29, 1.82) is 0 Å². The van der Waals surface area contributed by atoms with E-state index in [9.17, 15) is 71.4 Å². The zero-order valence-corrected chi connectivity index (χ0v) is 16.0. The van der Waals surface area contributed by atoms with Crippen LogP contribution in [-0.2, 0) is 24.7 Å². The minimum Gasteiger partial charge on any atom is -0.872 e. The normalized spacial score (nSPS) is 13.8. The highest BCUT2D eigenvalue weighted by Gasteiger charge is 2.49. The molecule has 2 nitrogen and oxygen atoms in total. The highest BCUT2D eigenvalue weighted by atomic mass is 19.4. The van der Waals surface area contributed by atoms with Crippen LogP contribution in [0.1, 0.15) is 38.2 Å².